The average molecular weight is 444 g/mol. The van der Waals surface area contributed by atoms with Crippen LogP contribution in [0.4, 0.5) is 11.5 Å². The van der Waals surface area contributed by atoms with Crippen LogP contribution >= 0.6 is 0 Å². The van der Waals surface area contributed by atoms with E-state index in [1.54, 1.807) is 32.5 Å². The van der Waals surface area contributed by atoms with Gasteiger partial charge in [-0.3, -0.25) is 9.78 Å². The van der Waals surface area contributed by atoms with Gasteiger partial charge in [0.15, 0.2) is 5.82 Å². The normalized spacial score (nSPS) is 12.5. The number of methoxy groups -OCH3 is 2. The second kappa shape index (κ2) is 8.42. The van der Waals surface area contributed by atoms with Crippen LogP contribution in [-0.2, 0) is 24.1 Å². The summed E-state index contributed by atoms with van der Waals surface area (Å²) < 4.78 is 12.8. The molecule has 0 bridgehead atoms. The van der Waals surface area contributed by atoms with Crippen LogP contribution in [0.25, 0.3) is 16.7 Å². The van der Waals surface area contributed by atoms with Crippen molar-refractivity contribution >= 4 is 28.4 Å². The predicted octanol–water partition coefficient (Wildman–Crippen LogP) is 3.08. The molecule has 0 spiro atoms. The molecule has 0 fully saturated rings. The highest BCUT2D eigenvalue weighted by Gasteiger charge is 2.25. The molecule has 1 aliphatic carbocycles. The van der Waals surface area contributed by atoms with E-state index in [9.17, 15) is 4.79 Å². The maximum atomic E-state index is 12.6. The van der Waals surface area contributed by atoms with Gasteiger partial charge in [-0.2, -0.15) is 0 Å². The topological polar surface area (TPSA) is 117 Å². The first kappa shape index (κ1) is 20.7. The maximum Gasteiger partial charge on any atom is 0.230 e. The van der Waals surface area contributed by atoms with E-state index in [0.717, 1.165) is 36.0 Å². The number of aromatic nitrogens is 4. The highest BCUT2D eigenvalue weighted by Crippen LogP contribution is 2.38. The summed E-state index contributed by atoms with van der Waals surface area (Å²) in [7, 11) is 3.15. The smallest absolute Gasteiger partial charge is 0.230 e. The van der Waals surface area contributed by atoms with Gasteiger partial charge in [0.1, 0.15) is 23.3 Å². The highest BCUT2D eigenvalue weighted by molar-refractivity contribution is 5.94. The molecular weight excluding hydrogens is 420 g/mol. The van der Waals surface area contributed by atoms with E-state index >= 15 is 0 Å². The molecule has 33 heavy (non-hydrogen) atoms. The number of hydrogen-bond donors (Lipinski definition) is 2. The van der Waals surface area contributed by atoms with Crippen molar-refractivity contribution in [2.24, 2.45) is 0 Å². The molecule has 3 aromatic heterocycles. The fraction of sp³-hybridized carbons (Fsp3) is 0.250. The largest absolute Gasteiger partial charge is 0.495 e. The molecule has 3 N–H and O–H groups in total. The summed E-state index contributed by atoms with van der Waals surface area (Å²) in [4.78, 5) is 25.6. The Morgan fingerprint density at radius 3 is 2.76 bits per heavy atom. The number of rotatable bonds is 6. The second-order valence-electron chi connectivity index (χ2n) is 7.87. The van der Waals surface area contributed by atoms with E-state index in [1.165, 1.54) is 17.6 Å². The summed E-state index contributed by atoms with van der Waals surface area (Å²) >= 11 is 0. The first-order valence-electron chi connectivity index (χ1n) is 10.7. The van der Waals surface area contributed by atoms with Crippen molar-refractivity contribution in [1.29, 1.82) is 0 Å². The number of hydrogen-bond acceptors (Lipinski definition) is 7. The van der Waals surface area contributed by atoms with Gasteiger partial charge in [-0.15, -0.1) is 0 Å². The summed E-state index contributed by atoms with van der Waals surface area (Å²) in [6, 6.07) is 9.21. The molecule has 1 aromatic carbocycles. The van der Waals surface area contributed by atoms with Gasteiger partial charge in [-0.05, 0) is 49.1 Å². The van der Waals surface area contributed by atoms with Crippen LogP contribution in [0.15, 0.2) is 42.9 Å². The van der Waals surface area contributed by atoms with E-state index in [0.29, 0.717) is 28.7 Å². The van der Waals surface area contributed by atoms with Crippen LogP contribution in [0.2, 0.25) is 0 Å². The number of pyridine rings is 1. The Balaban J connectivity index is 1.45. The number of nitrogens with zero attached hydrogens (tertiary/aromatic N) is 4. The molecule has 0 unspecified atom stereocenters. The lowest BCUT2D eigenvalue weighted by molar-refractivity contribution is -0.115. The van der Waals surface area contributed by atoms with Gasteiger partial charge in [0.2, 0.25) is 5.91 Å². The number of carbonyl (C=O) groups is 1. The molecular formula is C24H24N6O3. The molecule has 0 radical (unpaired) electrons. The molecule has 1 amide bonds. The first-order chi connectivity index (χ1) is 16.1. The lowest BCUT2D eigenvalue weighted by Crippen LogP contribution is -2.16. The Bertz CT molecular complexity index is 1350. The minimum Gasteiger partial charge on any atom is -0.495 e. The third kappa shape index (κ3) is 3.71. The van der Waals surface area contributed by atoms with E-state index < -0.39 is 0 Å². The number of carbonyl (C=O) groups excluding carboxylic acids is 1. The minimum atomic E-state index is -0.191. The Labute approximate surface area is 190 Å². The monoisotopic (exact) mass is 444 g/mol. The lowest BCUT2D eigenvalue weighted by Gasteiger charge is -2.15. The van der Waals surface area contributed by atoms with Crippen molar-refractivity contribution in [1.82, 2.24) is 19.5 Å². The number of anilines is 2. The van der Waals surface area contributed by atoms with Crippen molar-refractivity contribution in [3.05, 3.63) is 59.8 Å². The molecule has 9 heteroatoms. The number of ether oxygens (including phenoxy) is 2. The van der Waals surface area contributed by atoms with Crippen LogP contribution in [-0.4, -0.2) is 39.6 Å². The Morgan fingerprint density at radius 1 is 1.12 bits per heavy atom. The van der Waals surface area contributed by atoms with Crippen LogP contribution in [0, 0.1) is 0 Å². The molecule has 4 aromatic rings. The Morgan fingerprint density at radius 2 is 2.00 bits per heavy atom. The van der Waals surface area contributed by atoms with Gasteiger partial charge in [0, 0.05) is 23.1 Å². The van der Waals surface area contributed by atoms with Crippen molar-refractivity contribution in [3.8, 4) is 17.2 Å². The van der Waals surface area contributed by atoms with Gasteiger partial charge in [-0.25, -0.2) is 9.97 Å². The van der Waals surface area contributed by atoms with Crippen molar-refractivity contribution < 1.29 is 14.3 Å². The molecule has 0 saturated heterocycles. The molecule has 5 rings (SSSR count). The number of nitrogens with two attached hydrogens (primary N) is 1. The summed E-state index contributed by atoms with van der Waals surface area (Å²) in [5.41, 5.74) is 12.5. The highest BCUT2D eigenvalue weighted by atomic mass is 16.5. The molecule has 0 saturated carbocycles. The number of amides is 1. The van der Waals surface area contributed by atoms with Crippen LogP contribution in [0.5, 0.6) is 11.5 Å². The Hall–Kier alpha value is -4.14. The third-order valence-corrected chi connectivity index (χ3v) is 5.91. The van der Waals surface area contributed by atoms with E-state index in [-0.39, 0.29) is 12.3 Å². The average Bonchev–Trinajstić information content (AvgIpc) is 3.42. The van der Waals surface area contributed by atoms with Crippen molar-refractivity contribution in [3.63, 3.8) is 0 Å². The predicted molar refractivity (Wildman–Crippen MR) is 125 cm³/mol. The fourth-order valence-corrected chi connectivity index (χ4v) is 4.40. The van der Waals surface area contributed by atoms with E-state index in [1.807, 2.05) is 18.2 Å². The summed E-state index contributed by atoms with van der Waals surface area (Å²) in [5, 5.41) is 2.92. The summed E-state index contributed by atoms with van der Waals surface area (Å²) in [6.45, 7) is 0. The molecule has 9 nitrogen and oxygen atoms in total. The number of nitrogens with one attached hydrogen (secondary N) is 1. The molecule has 1 aliphatic rings. The molecule has 0 aliphatic heterocycles. The van der Waals surface area contributed by atoms with Crippen molar-refractivity contribution in [2.45, 2.75) is 25.7 Å². The summed E-state index contributed by atoms with van der Waals surface area (Å²) in [5.74, 6) is 1.44. The standard InChI is InChI=1S/C24H24N6O3/c1-32-16-8-6-14(26-12-16)10-21(31)29-18-9-7-15(11-20(18)33-2)30-19-5-3-4-17(19)22-23(30)24(25)28-13-27-22/h6-9,11-13H,3-5,10H2,1-2H3,(H,29,31)(H2,25,27,28). The van der Waals surface area contributed by atoms with E-state index in [2.05, 4.69) is 24.8 Å². The SMILES string of the molecule is COc1ccc(CC(=O)Nc2ccc(-n3c4c(c5ncnc(N)c53)CCC4)cc2OC)nc1. The maximum absolute atomic E-state index is 12.6. The Kier molecular flexibility index (Phi) is 5.29. The quantitative estimate of drug-likeness (QED) is 0.469. The van der Waals surface area contributed by atoms with Gasteiger partial charge in [0.05, 0.1) is 38.0 Å². The molecule has 168 valence electrons. The molecule has 0 atom stereocenters. The lowest BCUT2D eigenvalue weighted by atomic mass is 10.2. The number of benzene rings is 1. The number of nitrogen functional groups attached to an aromatic ring is 1. The zero-order valence-electron chi connectivity index (χ0n) is 18.5. The minimum absolute atomic E-state index is 0.137. The number of aryl methyl sites for hydroxylation is 1. The third-order valence-electron chi connectivity index (χ3n) is 5.91. The van der Waals surface area contributed by atoms with Gasteiger partial charge < -0.3 is 25.1 Å². The fourth-order valence-electron chi connectivity index (χ4n) is 4.40. The molecule has 3 heterocycles. The van der Waals surface area contributed by atoms with Crippen molar-refractivity contribution in [2.75, 3.05) is 25.3 Å². The van der Waals surface area contributed by atoms with Crippen LogP contribution < -0.4 is 20.5 Å². The van der Waals surface area contributed by atoms with E-state index in [4.69, 9.17) is 15.2 Å². The van der Waals surface area contributed by atoms with Gasteiger partial charge in [-0.1, -0.05) is 0 Å². The van der Waals surface area contributed by atoms with Crippen LogP contribution in [0.3, 0.4) is 0 Å². The number of fused-ring (bicyclic) bond motifs is 3. The summed E-state index contributed by atoms with van der Waals surface area (Å²) in [6.07, 6.45) is 6.24. The zero-order valence-corrected chi connectivity index (χ0v) is 18.5. The van der Waals surface area contributed by atoms with Gasteiger partial charge >= 0.3 is 0 Å². The first-order valence-corrected chi connectivity index (χ1v) is 10.7. The van der Waals surface area contributed by atoms with Crippen LogP contribution in [0.1, 0.15) is 23.4 Å². The van der Waals surface area contributed by atoms with Gasteiger partial charge in [0.25, 0.3) is 0 Å². The second-order valence-corrected chi connectivity index (χ2v) is 7.87. The zero-order chi connectivity index (χ0) is 22.9.